The van der Waals surface area contributed by atoms with Crippen LogP contribution in [0.25, 0.3) is 0 Å². The first-order valence-electron chi connectivity index (χ1n) is 4.94. The van der Waals surface area contributed by atoms with Crippen molar-refractivity contribution in [3.8, 4) is 0 Å². The van der Waals surface area contributed by atoms with Gasteiger partial charge >= 0.3 is 0 Å². The SMILES string of the molecule is CC[C@@H](CO)N(C)Sc1ccc(Cl)cc1. The molecule has 0 heterocycles. The summed E-state index contributed by atoms with van der Waals surface area (Å²) < 4.78 is 2.07. The lowest BCUT2D eigenvalue weighted by Gasteiger charge is -2.23. The summed E-state index contributed by atoms with van der Waals surface area (Å²) in [6.07, 6.45) is 0.938. The van der Waals surface area contributed by atoms with Crippen molar-refractivity contribution in [3.63, 3.8) is 0 Å². The van der Waals surface area contributed by atoms with E-state index in [-0.39, 0.29) is 12.6 Å². The highest BCUT2D eigenvalue weighted by Gasteiger charge is 2.12. The number of halogens is 1. The summed E-state index contributed by atoms with van der Waals surface area (Å²) in [5.74, 6) is 0. The molecule has 0 aliphatic heterocycles. The van der Waals surface area contributed by atoms with E-state index >= 15 is 0 Å². The van der Waals surface area contributed by atoms with Crippen LogP contribution < -0.4 is 0 Å². The summed E-state index contributed by atoms with van der Waals surface area (Å²) in [5.41, 5.74) is 0. The van der Waals surface area contributed by atoms with Crippen molar-refractivity contribution in [3.05, 3.63) is 29.3 Å². The van der Waals surface area contributed by atoms with Gasteiger partial charge in [0.15, 0.2) is 0 Å². The Morgan fingerprint density at radius 1 is 1.40 bits per heavy atom. The van der Waals surface area contributed by atoms with Crippen molar-refractivity contribution >= 4 is 23.5 Å². The molecule has 0 amide bonds. The number of hydrogen-bond acceptors (Lipinski definition) is 3. The van der Waals surface area contributed by atoms with Gasteiger partial charge in [-0.3, -0.25) is 0 Å². The molecule has 4 heteroatoms. The molecule has 1 aromatic carbocycles. The molecule has 1 atom stereocenters. The van der Waals surface area contributed by atoms with Gasteiger partial charge in [-0.15, -0.1) is 0 Å². The number of hydrogen-bond donors (Lipinski definition) is 1. The molecule has 1 N–H and O–H groups in total. The standard InChI is InChI=1S/C11H16ClNOS/c1-3-10(8-14)13(2)15-11-6-4-9(12)5-7-11/h4-7,10,14H,3,8H2,1-2H3/t10-/m0/s1. The Labute approximate surface area is 100 Å². The van der Waals surface area contributed by atoms with Crippen LogP contribution in [0.15, 0.2) is 29.2 Å². The highest BCUT2D eigenvalue weighted by Crippen LogP contribution is 2.25. The third-order valence-corrected chi connectivity index (χ3v) is 3.58. The maximum absolute atomic E-state index is 9.14. The van der Waals surface area contributed by atoms with E-state index < -0.39 is 0 Å². The van der Waals surface area contributed by atoms with Gasteiger partial charge < -0.3 is 5.11 Å². The highest BCUT2D eigenvalue weighted by molar-refractivity contribution is 7.97. The van der Waals surface area contributed by atoms with Crippen molar-refractivity contribution in [1.82, 2.24) is 4.31 Å². The Kier molecular flexibility index (Phi) is 5.47. The molecule has 15 heavy (non-hydrogen) atoms. The van der Waals surface area contributed by atoms with Crippen molar-refractivity contribution in [1.29, 1.82) is 0 Å². The summed E-state index contributed by atoms with van der Waals surface area (Å²) in [6, 6.07) is 7.90. The number of rotatable bonds is 5. The van der Waals surface area contributed by atoms with Gasteiger partial charge in [0.1, 0.15) is 0 Å². The molecular formula is C11H16ClNOS. The molecule has 0 aliphatic carbocycles. The number of aliphatic hydroxyl groups is 1. The van der Waals surface area contributed by atoms with Gasteiger partial charge in [0.05, 0.1) is 6.61 Å². The molecule has 2 nitrogen and oxygen atoms in total. The Bertz CT molecular complexity index is 287. The van der Waals surface area contributed by atoms with Crippen molar-refractivity contribution < 1.29 is 5.11 Å². The number of nitrogens with zero attached hydrogens (tertiary/aromatic N) is 1. The zero-order valence-electron chi connectivity index (χ0n) is 8.98. The van der Waals surface area contributed by atoms with Gasteiger partial charge in [-0.25, -0.2) is 4.31 Å². The molecule has 84 valence electrons. The van der Waals surface area contributed by atoms with Crippen molar-refractivity contribution in [2.75, 3.05) is 13.7 Å². The van der Waals surface area contributed by atoms with Crippen LogP contribution in [-0.4, -0.2) is 29.1 Å². The summed E-state index contributed by atoms with van der Waals surface area (Å²) in [4.78, 5) is 1.13. The lowest BCUT2D eigenvalue weighted by molar-refractivity contribution is 0.206. The van der Waals surface area contributed by atoms with E-state index in [0.29, 0.717) is 0 Å². The molecule has 0 radical (unpaired) electrons. The van der Waals surface area contributed by atoms with Crippen LogP contribution in [0.5, 0.6) is 0 Å². The maximum atomic E-state index is 9.14. The molecule has 0 spiro atoms. The molecule has 1 rings (SSSR count). The average Bonchev–Trinajstić information content (AvgIpc) is 2.23. The normalized spacial score (nSPS) is 13.1. The fraction of sp³-hybridized carbons (Fsp3) is 0.455. The van der Waals surface area contributed by atoms with Crippen LogP contribution in [0.2, 0.25) is 5.02 Å². The van der Waals surface area contributed by atoms with E-state index in [9.17, 15) is 0 Å². The van der Waals surface area contributed by atoms with Crippen LogP contribution in [0.4, 0.5) is 0 Å². The zero-order valence-corrected chi connectivity index (χ0v) is 10.6. The smallest absolute Gasteiger partial charge is 0.0596 e. The predicted octanol–water partition coefficient (Wildman–Crippen LogP) is 3.05. The van der Waals surface area contributed by atoms with Gasteiger partial charge in [-0.1, -0.05) is 18.5 Å². The van der Waals surface area contributed by atoms with Crippen molar-refractivity contribution in [2.24, 2.45) is 0 Å². The second kappa shape index (κ2) is 6.38. The Balaban J connectivity index is 2.57. The molecule has 0 aromatic heterocycles. The molecule has 0 fully saturated rings. The monoisotopic (exact) mass is 245 g/mol. The van der Waals surface area contributed by atoms with E-state index in [1.54, 1.807) is 11.9 Å². The average molecular weight is 246 g/mol. The fourth-order valence-corrected chi connectivity index (χ4v) is 2.32. The number of likely N-dealkylation sites (N-methyl/N-ethyl adjacent to an activating group) is 1. The molecule has 1 aromatic rings. The van der Waals surface area contributed by atoms with Gasteiger partial charge in [0.2, 0.25) is 0 Å². The second-order valence-electron chi connectivity index (χ2n) is 3.34. The lowest BCUT2D eigenvalue weighted by Crippen LogP contribution is -2.28. The third-order valence-electron chi connectivity index (χ3n) is 2.26. The number of benzene rings is 1. The predicted molar refractivity (Wildman–Crippen MR) is 66.2 cm³/mol. The molecule has 0 aliphatic rings. The lowest BCUT2D eigenvalue weighted by atomic mass is 10.2. The quantitative estimate of drug-likeness (QED) is 0.807. The largest absolute Gasteiger partial charge is 0.395 e. The Morgan fingerprint density at radius 2 is 2.00 bits per heavy atom. The zero-order chi connectivity index (χ0) is 11.3. The number of aliphatic hydroxyl groups excluding tert-OH is 1. The first kappa shape index (κ1) is 12.8. The summed E-state index contributed by atoms with van der Waals surface area (Å²) >= 11 is 7.43. The van der Waals surface area contributed by atoms with Gasteiger partial charge in [0, 0.05) is 16.0 Å². The van der Waals surface area contributed by atoms with E-state index in [2.05, 4.69) is 11.2 Å². The van der Waals surface area contributed by atoms with E-state index in [1.807, 2.05) is 31.3 Å². The third kappa shape index (κ3) is 4.03. The van der Waals surface area contributed by atoms with Gasteiger partial charge in [0.25, 0.3) is 0 Å². The van der Waals surface area contributed by atoms with Crippen LogP contribution >= 0.6 is 23.5 Å². The van der Waals surface area contributed by atoms with Gasteiger partial charge in [-0.05, 0) is 49.7 Å². The Hall–Kier alpha value is -0.220. The topological polar surface area (TPSA) is 23.5 Å². The molecule has 0 saturated heterocycles. The minimum absolute atomic E-state index is 0.188. The van der Waals surface area contributed by atoms with Crippen LogP contribution in [0.1, 0.15) is 13.3 Å². The minimum Gasteiger partial charge on any atom is -0.395 e. The second-order valence-corrected chi connectivity index (χ2v) is 5.00. The van der Waals surface area contributed by atoms with E-state index in [0.717, 1.165) is 16.3 Å². The first-order chi connectivity index (χ1) is 7.17. The summed E-state index contributed by atoms with van der Waals surface area (Å²) in [7, 11) is 1.99. The Morgan fingerprint density at radius 3 is 2.47 bits per heavy atom. The fourth-order valence-electron chi connectivity index (χ4n) is 1.24. The van der Waals surface area contributed by atoms with Crippen LogP contribution in [0, 0.1) is 0 Å². The molecular weight excluding hydrogens is 230 g/mol. The molecule has 0 saturated carbocycles. The minimum atomic E-state index is 0.188. The first-order valence-corrected chi connectivity index (χ1v) is 6.09. The summed E-state index contributed by atoms with van der Waals surface area (Å²) in [6.45, 7) is 2.26. The highest BCUT2D eigenvalue weighted by atomic mass is 35.5. The van der Waals surface area contributed by atoms with Crippen LogP contribution in [-0.2, 0) is 0 Å². The van der Waals surface area contributed by atoms with E-state index in [1.165, 1.54) is 0 Å². The van der Waals surface area contributed by atoms with Crippen molar-refractivity contribution in [2.45, 2.75) is 24.3 Å². The maximum Gasteiger partial charge on any atom is 0.0596 e. The van der Waals surface area contributed by atoms with Crippen LogP contribution in [0.3, 0.4) is 0 Å². The molecule has 0 unspecified atom stereocenters. The molecule has 0 bridgehead atoms. The van der Waals surface area contributed by atoms with E-state index in [4.69, 9.17) is 16.7 Å². The van der Waals surface area contributed by atoms with Gasteiger partial charge in [-0.2, -0.15) is 0 Å². The summed E-state index contributed by atoms with van der Waals surface area (Å²) in [5, 5.41) is 9.89.